The van der Waals surface area contributed by atoms with E-state index in [4.69, 9.17) is 10.7 Å². The Morgan fingerprint density at radius 1 is 1.15 bits per heavy atom. The fourth-order valence-electron chi connectivity index (χ4n) is 3.88. The number of rotatable bonds is 4. The first-order valence-corrected chi connectivity index (χ1v) is 9.15. The third kappa shape index (κ3) is 3.10. The maximum Gasteiger partial charge on any atom is 0.224 e. The van der Waals surface area contributed by atoms with Crippen molar-refractivity contribution in [3.63, 3.8) is 0 Å². The number of nitrogens with zero attached hydrogens (tertiary/aromatic N) is 2. The number of benzene rings is 2. The van der Waals surface area contributed by atoms with Gasteiger partial charge in [0.05, 0.1) is 11.0 Å². The van der Waals surface area contributed by atoms with Gasteiger partial charge in [-0.2, -0.15) is 0 Å². The Morgan fingerprint density at radius 2 is 1.88 bits per heavy atom. The van der Waals surface area contributed by atoms with E-state index in [1.807, 2.05) is 61.6 Å². The summed E-state index contributed by atoms with van der Waals surface area (Å²) in [5.41, 5.74) is 9.01. The molecule has 1 saturated carbocycles. The van der Waals surface area contributed by atoms with Crippen molar-refractivity contribution in [2.75, 3.05) is 0 Å². The number of aromatic nitrogens is 2. The molecule has 3 N–H and O–H groups in total. The van der Waals surface area contributed by atoms with Crippen molar-refractivity contribution < 1.29 is 4.79 Å². The van der Waals surface area contributed by atoms with Crippen LogP contribution in [0.3, 0.4) is 0 Å². The van der Waals surface area contributed by atoms with E-state index >= 15 is 0 Å². The van der Waals surface area contributed by atoms with E-state index in [0.29, 0.717) is 0 Å². The van der Waals surface area contributed by atoms with E-state index in [0.717, 1.165) is 41.7 Å². The Morgan fingerprint density at radius 3 is 2.58 bits per heavy atom. The van der Waals surface area contributed by atoms with Crippen LogP contribution in [0.5, 0.6) is 0 Å². The van der Waals surface area contributed by atoms with Crippen LogP contribution in [0.2, 0.25) is 0 Å². The van der Waals surface area contributed by atoms with Crippen molar-refractivity contribution in [1.82, 2.24) is 14.9 Å². The minimum atomic E-state index is -0.280. The quantitative estimate of drug-likeness (QED) is 0.761. The molecule has 2 aromatic carbocycles. The van der Waals surface area contributed by atoms with Gasteiger partial charge in [0.2, 0.25) is 5.91 Å². The molecular formula is C21H24N4O. The highest BCUT2D eigenvalue weighted by Crippen LogP contribution is 2.28. The third-order valence-corrected chi connectivity index (χ3v) is 5.34. The molecule has 0 radical (unpaired) electrons. The van der Waals surface area contributed by atoms with Crippen LogP contribution < -0.4 is 11.1 Å². The Balaban J connectivity index is 1.71. The van der Waals surface area contributed by atoms with Crippen molar-refractivity contribution in [3.05, 3.63) is 66.0 Å². The van der Waals surface area contributed by atoms with Gasteiger partial charge >= 0.3 is 0 Å². The number of imidazole rings is 1. The first kappa shape index (κ1) is 16.8. The van der Waals surface area contributed by atoms with Gasteiger partial charge in [0, 0.05) is 19.0 Å². The first-order chi connectivity index (χ1) is 12.6. The summed E-state index contributed by atoms with van der Waals surface area (Å²) in [6, 6.07) is 17.9. The molecule has 26 heavy (non-hydrogen) atoms. The molecule has 0 bridgehead atoms. The molecule has 3 atom stereocenters. The standard InChI is InChI=1S/C21H24N4O/c1-25-18-10-6-5-9-17(18)23-20(25)19(14-7-3-2-4-8-14)24-21(26)15-11-12-16(22)13-15/h2-10,15-16,19H,11-13,22H2,1H3,(H,24,26). The lowest BCUT2D eigenvalue weighted by Crippen LogP contribution is -2.35. The van der Waals surface area contributed by atoms with Crippen molar-refractivity contribution >= 4 is 16.9 Å². The third-order valence-electron chi connectivity index (χ3n) is 5.34. The average molecular weight is 348 g/mol. The number of nitrogens with one attached hydrogen (secondary N) is 1. The summed E-state index contributed by atoms with van der Waals surface area (Å²) in [7, 11) is 2.00. The predicted octanol–water partition coefficient (Wildman–Crippen LogP) is 2.91. The van der Waals surface area contributed by atoms with Gasteiger partial charge in [-0.25, -0.2) is 4.98 Å². The number of hydrogen-bond acceptors (Lipinski definition) is 3. The van der Waals surface area contributed by atoms with Crippen molar-refractivity contribution in [1.29, 1.82) is 0 Å². The molecule has 1 aliphatic carbocycles. The van der Waals surface area contributed by atoms with Gasteiger partial charge < -0.3 is 15.6 Å². The monoisotopic (exact) mass is 348 g/mol. The Labute approximate surface area is 153 Å². The normalized spacial score (nSPS) is 21.0. The summed E-state index contributed by atoms with van der Waals surface area (Å²) in [5.74, 6) is 0.901. The fourth-order valence-corrected chi connectivity index (χ4v) is 3.88. The second-order valence-corrected chi connectivity index (χ2v) is 7.14. The van der Waals surface area contributed by atoms with Crippen LogP contribution in [0.25, 0.3) is 11.0 Å². The van der Waals surface area contributed by atoms with Gasteiger partial charge in [-0.1, -0.05) is 42.5 Å². The van der Waals surface area contributed by atoms with E-state index in [2.05, 4.69) is 9.88 Å². The zero-order valence-corrected chi connectivity index (χ0v) is 14.9. The fraction of sp³-hybridized carbons (Fsp3) is 0.333. The highest BCUT2D eigenvalue weighted by Gasteiger charge is 2.31. The molecule has 5 nitrogen and oxygen atoms in total. The van der Waals surface area contributed by atoms with Gasteiger partial charge in [0.1, 0.15) is 11.9 Å². The topological polar surface area (TPSA) is 72.9 Å². The number of carbonyl (C=O) groups is 1. The lowest BCUT2D eigenvalue weighted by atomic mass is 10.0. The Bertz CT molecular complexity index is 918. The van der Waals surface area contributed by atoms with Gasteiger partial charge in [-0.15, -0.1) is 0 Å². The lowest BCUT2D eigenvalue weighted by molar-refractivity contribution is -0.125. The SMILES string of the molecule is Cn1c(C(NC(=O)C2CCC(N)C2)c2ccccc2)nc2ccccc21. The highest BCUT2D eigenvalue weighted by atomic mass is 16.2. The molecule has 1 heterocycles. The molecule has 5 heteroatoms. The van der Waals surface area contributed by atoms with Gasteiger partial charge in [-0.05, 0) is 37.0 Å². The van der Waals surface area contributed by atoms with Crippen LogP contribution in [0.4, 0.5) is 0 Å². The van der Waals surface area contributed by atoms with Crippen LogP contribution in [0.15, 0.2) is 54.6 Å². The van der Waals surface area contributed by atoms with Crippen LogP contribution in [0.1, 0.15) is 36.7 Å². The Kier molecular flexibility index (Phi) is 4.47. The summed E-state index contributed by atoms with van der Waals surface area (Å²) in [6.07, 6.45) is 2.54. The molecule has 1 amide bonds. The number of amides is 1. The summed E-state index contributed by atoms with van der Waals surface area (Å²) < 4.78 is 2.06. The highest BCUT2D eigenvalue weighted by molar-refractivity contribution is 5.80. The van der Waals surface area contributed by atoms with E-state index in [9.17, 15) is 4.79 Å². The van der Waals surface area contributed by atoms with Gasteiger partial charge in [-0.3, -0.25) is 4.79 Å². The van der Waals surface area contributed by atoms with Crippen molar-refractivity contribution in [2.45, 2.75) is 31.3 Å². The van der Waals surface area contributed by atoms with Crippen molar-refractivity contribution in [3.8, 4) is 0 Å². The summed E-state index contributed by atoms with van der Waals surface area (Å²) in [5, 5.41) is 3.24. The summed E-state index contributed by atoms with van der Waals surface area (Å²) in [6.45, 7) is 0. The first-order valence-electron chi connectivity index (χ1n) is 9.15. The predicted molar refractivity (Wildman–Crippen MR) is 102 cm³/mol. The number of hydrogen-bond donors (Lipinski definition) is 2. The number of aryl methyl sites for hydroxylation is 1. The molecule has 0 saturated heterocycles. The molecule has 0 spiro atoms. The maximum atomic E-state index is 12.9. The summed E-state index contributed by atoms with van der Waals surface area (Å²) in [4.78, 5) is 17.7. The average Bonchev–Trinajstić information content (AvgIpc) is 3.24. The largest absolute Gasteiger partial charge is 0.342 e. The van der Waals surface area contributed by atoms with Crippen LogP contribution in [-0.4, -0.2) is 21.5 Å². The molecule has 0 aliphatic heterocycles. The minimum absolute atomic E-state index is 0.00843. The van der Waals surface area contributed by atoms with E-state index in [-0.39, 0.29) is 23.9 Å². The molecule has 1 aromatic heterocycles. The zero-order valence-electron chi connectivity index (χ0n) is 14.9. The Hall–Kier alpha value is -2.66. The van der Waals surface area contributed by atoms with Gasteiger partial charge in [0.15, 0.2) is 0 Å². The van der Waals surface area contributed by atoms with Crippen molar-refractivity contribution in [2.24, 2.45) is 18.7 Å². The molecule has 4 rings (SSSR count). The smallest absolute Gasteiger partial charge is 0.224 e. The summed E-state index contributed by atoms with van der Waals surface area (Å²) >= 11 is 0. The van der Waals surface area contributed by atoms with E-state index in [1.54, 1.807) is 0 Å². The second-order valence-electron chi connectivity index (χ2n) is 7.14. The number of nitrogens with two attached hydrogens (primary N) is 1. The minimum Gasteiger partial charge on any atom is -0.342 e. The number of carbonyl (C=O) groups excluding carboxylic acids is 1. The molecule has 1 aliphatic rings. The molecule has 3 unspecified atom stereocenters. The second kappa shape index (κ2) is 6.92. The zero-order chi connectivity index (χ0) is 18.1. The number of fused-ring (bicyclic) bond motifs is 1. The van der Waals surface area contributed by atoms with Crippen LogP contribution >= 0.6 is 0 Å². The van der Waals surface area contributed by atoms with Crippen LogP contribution in [-0.2, 0) is 11.8 Å². The lowest BCUT2D eigenvalue weighted by Gasteiger charge is -2.21. The molecule has 1 fully saturated rings. The molecular weight excluding hydrogens is 324 g/mol. The van der Waals surface area contributed by atoms with Gasteiger partial charge in [0.25, 0.3) is 0 Å². The molecule has 3 aromatic rings. The maximum absolute atomic E-state index is 12.9. The molecule has 134 valence electrons. The van der Waals surface area contributed by atoms with E-state index < -0.39 is 0 Å². The number of para-hydroxylation sites is 2. The van der Waals surface area contributed by atoms with E-state index in [1.165, 1.54) is 0 Å². The van der Waals surface area contributed by atoms with Crippen LogP contribution in [0, 0.1) is 5.92 Å².